The van der Waals surface area contributed by atoms with Gasteiger partial charge in [0.25, 0.3) is 0 Å². The van der Waals surface area contributed by atoms with Gasteiger partial charge < -0.3 is 15.2 Å². The van der Waals surface area contributed by atoms with Crippen LogP contribution in [-0.4, -0.2) is 28.0 Å². The number of aromatic carboxylic acids is 1. The van der Waals surface area contributed by atoms with Gasteiger partial charge >= 0.3 is 5.97 Å². The molecule has 0 aliphatic heterocycles. The summed E-state index contributed by atoms with van der Waals surface area (Å²) >= 11 is 0. The van der Waals surface area contributed by atoms with Crippen LogP contribution in [0.15, 0.2) is 30.5 Å². The number of benzene rings is 1. The fraction of sp³-hybridized carbons (Fsp3) is 0.167. The molecule has 1 aromatic heterocycles. The molecule has 0 aliphatic carbocycles. The maximum absolute atomic E-state index is 11.0. The molecule has 0 aliphatic rings. The summed E-state index contributed by atoms with van der Waals surface area (Å²) in [5, 5.41) is 15.9. The van der Waals surface area contributed by atoms with E-state index in [1.165, 1.54) is 4.68 Å². The molecule has 0 bridgehead atoms. The normalized spacial score (nSPS) is 10.1. The fourth-order valence-electron chi connectivity index (χ4n) is 1.57. The molecule has 0 amide bonds. The molecule has 0 unspecified atom stereocenters. The average Bonchev–Trinajstić information content (AvgIpc) is 2.71. The second-order valence-electron chi connectivity index (χ2n) is 3.72. The molecule has 2 rings (SSSR count). The Bertz CT molecular complexity index is 560. The standard InChI is InChI=1S/C12H13N3O3/c1-15-7-10(11(14-15)12(16)17)13-8-3-5-9(18-2)6-4-8/h3-7,13H,1-2H3,(H,16,17). The van der Waals surface area contributed by atoms with E-state index in [2.05, 4.69) is 10.4 Å². The first kappa shape index (κ1) is 12.0. The van der Waals surface area contributed by atoms with Crippen LogP contribution < -0.4 is 10.1 Å². The number of hydrogen-bond acceptors (Lipinski definition) is 4. The van der Waals surface area contributed by atoms with Crippen LogP contribution in [0.2, 0.25) is 0 Å². The topological polar surface area (TPSA) is 76.4 Å². The second-order valence-corrected chi connectivity index (χ2v) is 3.72. The number of anilines is 2. The highest BCUT2D eigenvalue weighted by Gasteiger charge is 2.14. The van der Waals surface area contributed by atoms with Gasteiger partial charge in [0, 0.05) is 18.9 Å². The zero-order valence-corrected chi connectivity index (χ0v) is 10.0. The number of ether oxygens (including phenoxy) is 1. The van der Waals surface area contributed by atoms with Gasteiger partial charge in [0.05, 0.1) is 12.8 Å². The number of methoxy groups -OCH3 is 1. The Hall–Kier alpha value is -2.50. The number of aromatic nitrogens is 2. The molecular formula is C12H13N3O3. The molecule has 0 saturated carbocycles. The van der Waals surface area contributed by atoms with Gasteiger partial charge in [0.15, 0.2) is 5.69 Å². The van der Waals surface area contributed by atoms with Crippen LogP contribution in [0, 0.1) is 0 Å². The molecule has 0 atom stereocenters. The summed E-state index contributed by atoms with van der Waals surface area (Å²) < 4.78 is 6.50. The lowest BCUT2D eigenvalue weighted by Gasteiger charge is -2.05. The molecule has 1 heterocycles. The predicted molar refractivity (Wildman–Crippen MR) is 66.4 cm³/mol. The number of carboxylic acid groups (broad SMARTS) is 1. The van der Waals surface area contributed by atoms with Gasteiger partial charge in [-0.2, -0.15) is 5.10 Å². The van der Waals surface area contributed by atoms with Crippen LogP contribution in [0.3, 0.4) is 0 Å². The van der Waals surface area contributed by atoms with Crippen molar-refractivity contribution in [1.82, 2.24) is 9.78 Å². The van der Waals surface area contributed by atoms with Crippen LogP contribution in [-0.2, 0) is 7.05 Å². The monoisotopic (exact) mass is 247 g/mol. The first-order valence-electron chi connectivity index (χ1n) is 5.28. The number of nitrogens with one attached hydrogen (secondary N) is 1. The highest BCUT2D eigenvalue weighted by Crippen LogP contribution is 2.22. The van der Waals surface area contributed by atoms with Crippen molar-refractivity contribution in [1.29, 1.82) is 0 Å². The highest BCUT2D eigenvalue weighted by molar-refractivity contribution is 5.92. The summed E-state index contributed by atoms with van der Waals surface area (Å²) in [5.41, 5.74) is 1.22. The summed E-state index contributed by atoms with van der Waals surface area (Å²) in [6, 6.07) is 7.19. The van der Waals surface area contributed by atoms with Gasteiger partial charge in [-0.25, -0.2) is 4.79 Å². The van der Waals surface area contributed by atoms with E-state index in [0.717, 1.165) is 11.4 Å². The lowest BCUT2D eigenvalue weighted by atomic mass is 10.3. The number of carboxylic acids is 1. The van der Waals surface area contributed by atoms with E-state index in [1.54, 1.807) is 44.6 Å². The van der Waals surface area contributed by atoms with Crippen molar-refractivity contribution >= 4 is 17.3 Å². The molecule has 6 heteroatoms. The maximum Gasteiger partial charge on any atom is 0.358 e. The van der Waals surface area contributed by atoms with Crippen LogP contribution in [0.25, 0.3) is 0 Å². The zero-order chi connectivity index (χ0) is 13.1. The third-order valence-corrected chi connectivity index (χ3v) is 2.40. The zero-order valence-electron chi connectivity index (χ0n) is 10.0. The lowest BCUT2D eigenvalue weighted by molar-refractivity contribution is 0.0690. The molecule has 2 N–H and O–H groups in total. The minimum atomic E-state index is -1.06. The van der Waals surface area contributed by atoms with Crippen LogP contribution in [0.4, 0.5) is 11.4 Å². The van der Waals surface area contributed by atoms with Crippen molar-refractivity contribution in [3.05, 3.63) is 36.2 Å². The largest absolute Gasteiger partial charge is 0.497 e. The van der Waals surface area contributed by atoms with E-state index in [1.807, 2.05) is 0 Å². The van der Waals surface area contributed by atoms with Crippen molar-refractivity contribution in [3.63, 3.8) is 0 Å². The maximum atomic E-state index is 11.0. The summed E-state index contributed by atoms with van der Waals surface area (Å²) in [6.45, 7) is 0. The van der Waals surface area contributed by atoms with E-state index < -0.39 is 5.97 Å². The molecule has 2 aromatic rings. The summed E-state index contributed by atoms with van der Waals surface area (Å²) in [5.74, 6) is -0.322. The summed E-state index contributed by atoms with van der Waals surface area (Å²) in [7, 11) is 3.26. The van der Waals surface area contributed by atoms with E-state index in [4.69, 9.17) is 9.84 Å². The minimum Gasteiger partial charge on any atom is -0.497 e. The highest BCUT2D eigenvalue weighted by atomic mass is 16.5. The first-order valence-corrected chi connectivity index (χ1v) is 5.28. The van der Waals surface area contributed by atoms with Crippen LogP contribution in [0.1, 0.15) is 10.5 Å². The summed E-state index contributed by atoms with van der Waals surface area (Å²) in [6.07, 6.45) is 1.62. The van der Waals surface area contributed by atoms with Gasteiger partial charge in [0.1, 0.15) is 5.75 Å². The molecule has 0 fully saturated rings. The average molecular weight is 247 g/mol. The Morgan fingerprint density at radius 3 is 2.61 bits per heavy atom. The quantitative estimate of drug-likeness (QED) is 0.862. The van der Waals surface area contributed by atoms with Gasteiger partial charge in [-0.05, 0) is 24.3 Å². The van der Waals surface area contributed by atoms with Crippen molar-refractivity contribution in [2.24, 2.45) is 7.05 Å². The van der Waals surface area contributed by atoms with E-state index >= 15 is 0 Å². The summed E-state index contributed by atoms with van der Waals surface area (Å²) in [4.78, 5) is 11.0. The van der Waals surface area contributed by atoms with Crippen LogP contribution in [0.5, 0.6) is 5.75 Å². The van der Waals surface area contributed by atoms with Gasteiger partial charge in [0.2, 0.25) is 0 Å². The fourth-order valence-corrected chi connectivity index (χ4v) is 1.57. The van der Waals surface area contributed by atoms with Gasteiger partial charge in [-0.15, -0.1) is 0 Å². The third kappa shape index (κ3) is 2.42. The van der Waals surface area contributed by atoms with Crippen LogP contribution >= 0.6 is 0 Å². The molecule has 0 radical (unpaired) electrons. The number of nitrogens with zero attached hydrogens (tertiary/aromatic N) is 2. The molecule has 0 spiro atoms. The number of rotatable bonds is 4. The Morgan fingerprint density at radius 1 is 1.39 bits per heavy atom. The molecule has 94 valence electrons. The van der Waals surface area contributed by atoms with Crippen molar-refractivity contribution in [3.8, 4) is 5.75 Å². The Labute approximate surface area is 104 Å². The minimum absolute atomic E-state index is 0.00619. The number of hydrogen-bond donors (Lipinski definition) is 2. The SMILES string of the molecule is COc1ccc(Nc2cn(C)nc2C(=O)O)cc1. The molecule has 1 aromatic carbocycles. The lowest BCUT2D eigenvalue weighted by Crippen LogP contribution is -2.02. The van der Waals surface area contributed by atoms with Gasteiger partial charge in [-0.1, -0.05) is 0 Å². The second kappa shape index (κ2) is 4.79. The van der Waals surface area contributed by atoms with E-state index in [9.17, 15) is 4.79 Å². The van der Waals surface area contributed by atoms with Crippen molar-refractivity contribution in [2.45, 2.75) is 0 Å². The Balaban J connectivity index is 2.25. The Kier molecular flexibility index (Phi) is 3.18. The molecular weight excluding hydrogens is 234 g/mol. The molecule has 0 saturated heterocycles. The molecule has 6 nitrogen and oxygen atoms in total. The van der Waals surface area contributed by atoms with E-state index in [0.29, 0.717) is 5.69 Å². The number of carbonyl (C=O) groups is 1. The Morgan fingerprint density at radius 2 is 2.06 bits per heavy atom. The van der Waals surface area contributed by atoms with Gasteiger partial charge in [-0.3, -0.25) is 4.68 Å². The number of aryl methyl sites for hydroxylation is 1. The third-order valence-electron chi connectivity index (χ3n) is 2.40. The first-order chi connectivity index (χ1) is 8.60. The van der Waals surface area contributed by atoms with E-state index in [-0.39, 0.29) is 5.69 Å². The smallest absolute Gasteiger partial charge is 0.358 e. The van der Waals surface area contributed by atoms with Crippen molar-refractivity contribution in [2.75, 3.05) is 12.4 Å². The predicted octanol–water partition coefficient (Wildman–Crippen LogP) is 1.87. The van der Waals surface area contributed by atoms with Crippen molar-refractivity contribution < 1.29 is 14.6 Å². The molecule has 18 heavy (non-hydrogen) atoms.